The second-order valence-electron chi connectivity index (χ2n) is 4.47. The quantitative estimate of drug-likeness (QED) is 0.672. The van der Waals surface area contributed by atoms with Crippen LogP contribution in [0.4, 0.5) is 0 Å². The van der Waals surface area contributed by atoms with Crippen LogP contribution in [0.15, 0.2) is 5.10 Å². The van der Waals surface area contributed by atoms with Crippen molar-refractivity contribution < 1.29 is 4.74 Å². The van der Waals surface area contributed by atoms with Gasteiger partial charge in [-0.2, -0.15) is 5.10 Å². The molecule has 1 aliphatic carbocycles. The molecule has 0 bridgehead atoms. The third kappa shape index (κ3) is 2.21. The zero-order valence-electron chi connectivity index (χ0n) is 8.47. The average Bonchev–Trinajstić information content (AvgIpc) is 2.79. The lowest BCUT2D eigenvalue weighted by atomic mass is 10.0. The first-order valence-electron chi connectivity index (χ1n) is 5.12. The van der Waals surface area contributed by atoms with Gasteiger partial charge in [0, 0.05) is 13.0 Å². The van der Waals surface area contributed by atoms with E-state index in [-0.39, 0.29) is 5.60 Å². The van der Waals surface area contributed by atoms with Crippen molar-refractivity contribution in [2.45, 2.75) is 38.7 Å². The summed E-state index contributed by atoms with van der Waals surface area (Å²) in [5, 5.41) is 4.40. The maximum atomic E-state index is 5.56. The van der Waals surface area contributed by atoms with E-state index in [0.29, 0.717) is 0 Å². The van der Waals surface area contributed by atoms with E-state index in [1.165, 1.54) is 12.8 Å². The average molecular weight is 182 g/mol. The van der Waals surface area contributed by atoms with Crippen LogP contribution in [0.1, 0.15) is 33.1 Å². The van der Waals surface area contributed by atoms with Gasteiger partial charge >= 0.3 is 0 Å². The molecule has 1 aliphatic heterocycles. The topological polar surface area (TPSA) is 33.6 Å². The highest BCUT2D eigenvalue weighted by Crippen LogP contribution is 2.27. The molecule has 0 aromatic rings. The maximum absolute atomic E-state index is 5.56. The zero-order valence-corrected chi connectivity index (χ0v) is 8.47. The van der Waals surface area contributed by atoms with Gasteiger partial charge in [-0.15, -0.1) is 0 Å². The van der Waals surface area contributed by atoms with Gasteiger partial charge in [0.1, 0.15) is 5.60 Å². The van der Waals surface area contributed by atoms with Gasteiger partial charge in [0.05, 0.1) is 12.3 Å². The Bertz CT molecular complexity index is 219. The number of hydrogen-bond acceptors (Lipinski definition) is 3. The van der Waals surface area contributed by atoms with Gasteiger partial charge in [-0.3, -0.25) is 0 Å². The van der Waals surface area contributed by atoms with E-state index in [9.17, 15) is 0 Å². The van der Waals surface area contributed by atoms with E-state index in [1.54, 1.807) is 0 Å². The molecule has 0 aromatic heterocycles. The zero-order chi connectivity index (χ0) is 9.31. The highest BCUT2D eigenvalue weighted by Gasteiger charge is 2.31. The first kappa shape index (κ1) is 9.00. The number of ether oxygens (including phenoxy) is 1. The Morgan fingerprint density at radius 3 is 2.85 bits per heavy atom. The molecule has 0 atom stereocenters. The standard InChI is InChI=1S/C10H18N2O/c1-10(2)9(5-6-13-10)12-11-7-8-3-4-8/h8,11H,3-7H2,1-2H3/b12-9+. The van der Waals surface area contributed by atoms with Gasteiger partial charge in [0.2, 0.25) is 0 Å². The number of hydrazone groups is 1. The van der Waals surface area contributed by atoms with Crippen LogP contribution in [0, 0.1) is 5.92 Å². The minimum absolute atomic E-state index is 0.142. The molecule has 2 fully saturated rings. The molecule has 1 heterocycles. The molecule has 0 spiro atoms. The molecule has 0 unspecified atom stereocenters. The van der Waals surface area contributed by atoms with Crippen molar-refractivity contribution in [3.05, 3.63) is 0 Å². The van der Waals surface area contributed by atoms with Gasteiger partial charge in [-0.1, -0.05) is 0 Å². The SMILES string of the molecule is CC1(C)OCC/C1=N\NCC1CC1. The highest BCUT2D eigenvalue weighted by molar-refractivity contribution is 5.93. The van der Waals surface area contributed by atoms with Gasteiger partial charge < -0.3 is 10.2 Å². The number of nitrogens with zero attached hydrogens (tertiary/aromatic N) is 1. The lowest BCUT2D eigenvalue weighted by Crippen LogP contribution is -2.29. The predicted octanol–water partition coefficient (Wildman–Crippen LogP) is 1.54. The molecule has 0 amide bonds. The molecule has 1 N–H and O–H groups in total. The monoisotopic (exact) mass is 182 g/mol. The Morgan fingerprint density at radius 1 is 1.54 bits per heavy atom. The molecular weight excluding hydrogens is 164 g/mol. The molecule has 3 heteroatoms. The second-order valence-corrected chi connectivity index (χ2v) is 4.47. The molecule has 1 saturated carbocycles. The highest BCUT2D eigenvalue weighted by atomic mass is 16.5. The van der Waals surface area contributed by atoms with Crippen molar-refractivity contribution in [3.63, 3.8) is 0 Å². The molecule has 3 nitrogen and oxygen atoms in total. The van der Waals surface area contributed by atoms with Crippen LogP contribution in [0.5, 0.6) is 0 Å². The van der Waals surface area contributed by atoms with Crippen LogP contribution in [-0.4, -0.2) is 24.5 Å². The van der Waals surface area contributed by atoms with Gasteiger partial charge in [0.15, 0.2) is 0 Å². The Hall–Kier alpha value is -0.570. The van der Waals surface area contributed by atoms with E-state index in [2.05, 4.69) is 24.4 Å². The van der Waals surface area contributed by atoms with E-state index >= 15 is 0 Å². The lowest BCUT2D eigenvalue weighted by Gasteiger charge is -2.17. The Kier molecular flexibility index (Phi) is 2.28. The van der Waals surface area contributed by atoms with Crippen LogP contribution in [0.25, 0.3) is 0 Å². The first-order valence-corrected chi connectivity index (χ1v) is 5.12. The first-order chi connectivity index (χ1) is 6.18. The van der Waals surface area contributed by atoms with Crippen LogP contribution >= 0.6 is 0 Å². The van der Waals surface area contributed by atoms with Crippen molar-refractivity contribution in [2.75, 3.05) is 13.2 Å². The van der Waals surface area contributed by atoms with E-state index in [0.717, 1.165) is 31.2 Å². The minimum atomic E-state index is -0.142. The Morgan fingerprint density at radius 2 is 2.31 bits per heavy atom. The molecule has 13 heavy (non-hydrogen) atoms. The third-order valence-electron chi connectivity index (χ3n) is 2.79. The lowest BCUT2D eigenvalue weighted by molar-refractivity contribution is 0.0678. The van der Waals surface area contributed by atoms with E-state index in [1.807, 2.05) is 0 Å². The molecule has 74 valence electrons. The smallest absolute Gasteiger partial charge is 0.102 e. The van der Waals surface area contributed by atoms with Crippen molar-refractivity contribution in [1.82, 2.24) is 5.43 Å². The number of hydrogen-bond donors (Lipinski definition) is 1. The summed E-state index contributed by atoms with van der Waals surface area (Å²) in [4.78, 5) is 0. The van der Waals surface area contributed by atoms with Crippen LogP contribution < -0.4 is 5.43 Å². The summed E-state index contributed by atoms with van der Waals surface area (Å²) in [5.41, 5.74) is 4.17. The number of rotatable bonds is 3. The predicted molar refractivity (Wildman–Crippen MR) is 52.8 cm³/mol. The van der Waals surface area contributed by atoms with E-state index in [4.69, 9.17) is 4.74 Å². The van der Waals surface area contributed by atoms with Crippen molar-refractivity contribution in [1.29, 1.82) is 0 Å². The fourth-order valence-electron chi connectivity index (χ4n) is 1.57. The summed E-state index contributed by atoms with van der Waals surface area (Å²) in [6, 6.07) is 0. The molecule has 2 aliphatic rings. The van der Waals surface area contributed by atoms with E-state index < -0.39 is 0 Å². The molecule has 2 rings (SSSR count). The molecule has 0 aromatic carbocycles. The fourth-order valence-corrected chi connectivity index (χ4v) is 1.57. The second kappa shape index (κ2) is 3.29. The largest absolute Gasteiger partial charge is 0.369 e. The minimum Gasteiger partial charge on any atom is -0.369 e. The summed E-state index contributed by atoms with van der Waals surface area (Å²) >= 11 is 0. The van der Waals surface area contributed by atoms with Crippen LogP contribution in [-0.2, 0) is 4.74 Å². The molecule has 1 saturated heterocycles. The Balaban J connectivity index is 1.83. The summed E-state index contributed by atoms with van der Waals surface area (Å²) in [6.45, 7) is 6.02. The summed E-state index contributed by atoms with van der Waals surface area (Å²) < 4.78 is 5.56. The van der Waals surface area contributed by atoms with Crippen LogP contribution in [0.2, 0.25) is 0 Å². The Labute approximate surface area is 79.5 Å². The van der Waals surface area contributed by atoms with Gasteiger partial charge in [-0.05, 0) is 32.6 Å². The fraction of sp³-hybridized carbons (Fsp3) is 0.900. The van der Waals surface area contributed by atoms with Crippen molar-refractivity contribution in [3.8, 4) is 0 Å². The normalized spacial score (nSPS) is 29.5. The maximum Gasteiger partial charge on any atom is 0.102 e. The van der Waals surface area contributed by atoms with Crippen LogP contribution in [0.3, 0.4) is 0 Å². The van der Waals surface area contributed by atoms with Crippen molar-refractivity contribution >= 4 is 5.71 Å². The van der Waals surface area contributed by atoms with Gasteiger partial charge in [-0.25, -0.2) is 0 Å². The summed E-state index contributed by atoms with van der Waals surface area (Å²) in [7, 11) is 0. The van der Waals surface area contributed by atoms with Gasteiger partial charge in [0.25, 0.3) is 0 Å². The number of nitrogens with one attached hydrogen (secondary N) is 1. The third-order valence-corrected chi connectivity index (χ3v) is 2.79. The molecule has 0 radical (unpaired) electrons. The van der Waals surface area contributed by atoms with Crippen molar-refractivity contribution in [2.24, 2.45) is 11.0 Å². The summed E-state index contributed by atoms with van der Waals surface area (Å²) in [6.07, 6.45) is 3.72. The summed E-state index contributed by atoms with van der Waals surface area (Å²) in [5.74, 6) is 0.884. The molecular formula is C10H18N2O.